The molecule has 0 atom stereocenters. The predicted molar refractivity (Wildman–Crippen MR) is 80.8 cm³/mol. The topological polar surface area (TPSA) is 29.3 Å². The number of anilines is 2. The second kappa shape index (κ2) is 5.45. The number of fused-ring (bicyclic) bond motifs is 1. The lowest BCUT2D eigenvalue weighted by atomic mass is 9.94. The quantitative estimate of drug-likeness (QED) is 0.910. The van der Waals surface area contributed by atoms with Gasteiger partial charge in [0.25, 0.3) is 0 Å². The van der Waals surface area contributed by atoms with Crippen LogP contribution in [0.2, 0.25) is 0 Å². The summed E-state index contributed by atoms with van der Waals surface area (Å²) >= 11 is 0. The Kier molecular flexibility index (Phi) is 3.64. The fraction of sp³-hybridized carbons (Fsp3) is 0.294. The highest BCUT2D eigenvalue weighted by atomic mass is 19.2. The molecule has 0 radical (unpaired) electrons. The molecule has 21 heavy (non-hydrogen) atoms. The van der Waals surface area contributed by atoms with Crippen LogP contribution in [0.1, 0.15) is 23.1 Å². The van der Waals surface area contributed by atoms with Crippen molar-refractivity contribution in [2.75, 3.05) is 11.4 Å². The van der Waals surface area contributed by atoms with Crippen LogP contribution in [0.3, 0.4) is 0 Å². The summed E-state index contributed by atoms with van der Waals surface area (Å²) in [5, 5.41) is 0. The van der Waals surface area contributed by atoms with Gasteiger partial charge in [-0.1, -0.05) is 12.1 Å². The molecule has 0 unspecified atom stereocenters. The summed E-state index contributed by atoms with van der Waals surface area (Å²) in [7, 11) is 0. The molecule has 1 aliphatic heterocycles. The van der Waals surface area contributed by atoms with Gasteiger partial charge in [-0.2, -0.15) is 0 Å². The molecular weight excluding hydrogens is 270 g/mol. The van der Waals surface area contributed by atoms with E-state index in [1.165, 1.54) is 17.7 Å². The Labute approximate surface area is 123 Å². The predicted octanol–water partition coefficient (Wildman–Crippen LogP) is 3.82. The first kappa shape index (κ1) is 14.0. The second-order valence-corrected chi connectivity index (χ2v) is 5.42. The largest absolute Gasteiger partial charge is 0.341 e. The number of hydrogen-bond donors (Lipinski definition) is 1. The molecule has 1 aliphatic rings. The van der Waals surface area contributed by atoms with Crippen molar-refractivity contribution in [3.05, 3.63) is 58.7 Å². The molecule has 3 rings (SSSR count). The van der Waals surface area contributed by atoms with Gasteiger partial charge >= 0.3 is 0 Å². The first-order valence-electron chi connectivity index (χ1n) is 7.16. The number of nitrogens with zero attached hydrogens (tertiary/aromatic N) is 1. The van der Waals surface area contributed by atoms with Crippen molar-refractivity contribution in [2.45, 2.75) is 26.3 Å². The van der Waals surface area contributed by atoms with Gasteiger partial charge in [0.1, 0.15) is 0 Å². The van der Waals surface area contributed by atoms with E-state index < -0.39 is 11.6 Å². The van der Waals surface area contributed by atoms with E-state index in [0.717, 1.165) is 36.2 Å². The van der Waals surface area contributed by atoms with Crippen molar-refractivity contribution in [1.29, 1.82) is 0 Å². The van der Waals surface area contributed by atoms with E-state index >= 15 is 0 Å². The highest BCUT2D eigenvalue weighted by molar-refractivity contribution is 5.72. The molecule has 110 valence electrons. The fourth-order valence-corrected chi connectivity index (χ4v) is 3.05. The molecule has 2 nitrogen and oxygen atoms in total. The van der Waals surface area contributed by atoms with Crippen LogP contribution >= 0.6 is 0 Å². The minimum Gasteiger partial charge on any atom is -0.341 e. The van der Waals surface area contributed by atoms with Crippen molar-refractivity contribution in [2.24, 2.45) is 5.73 Å². The van der Waals surface area contributed by atoms with Crippen molar-refractivity contribution >= 4 is 11.4 Å². The standard InChI is InChI=1S/C17H18F2N2/c1-11-13(10-20)5-4-12-3-2-8-21(17(11)12)14-6-7-15(18)16(19)9-14/h4-7,9H,2-3,8,10,20H2,1H3. The lowest BCUT2D eigenvalue weighted by Gasteiger charge is -2.33. The van der Waals surface area contributed by atoms with Crippen molar-refractivity contribution < 1.29 is 8.78 Å². The van der Waals surface area contributed by atoms with E-state index in [0.29, 0.717) is 12.2 Å². The molecule has 0 saturated heterocycles. The molecule has 2 N–H and O–H groups in total. The van der Waals surface area contributed by atoms with E-state index in [1.54, 1.807) is 6.07 Å². The second-order valence-electron chi connectivity index (χ2n) is 5.42. The van der Waals surface area contributed by atoms with Gasteiger partial charge in [-0.3, -0.25) is 0 Å². The van der Waals surface area contributed by atoms with Crippen LogP contribution < -0.4 is 10.6 Å². The Bertz CT molecular complexity index is 683. The smallest absolute Gasteiger partial charge is 0.160 e. The fourth-order valence-electron chi connectivity index (χ4n) is 3.05. The Balaban J connectivity index is 2.13. The lowest BCUT2D eigenvalue weighted by Crippen LogP contribution is -2.26. The van der Waals surface area contributed by atoms with Crippen molar-refractivity contribution in [3.8, 4) is 0 Å². The summed E-state index contributed by atoms with van der Waals surface area (Å²) in [5.41, 5.74) is 11.0. The van der Waals surface area contributed by atoms with E-state index in [1.807, 2.05) is 6.92 Å². The zero-order valence-corrected chi connectivity index (χ0v) is 12.0. The maximum absolute atomic E-state index is 13.5. The Morgan fingerprint density at radius 1 is 1.14 bits per heavy atom. The summed E-state index contributed by atoms with van der Waals surface area (Å²) < 4.78 is 26.7. The van der Waals surface area contributed by atoms with Crippen LogP contribution in [0.25, 0.3) is 0 Å². The first-order valence-corrected chi connectivity index (χ1v) is 7.16. The number of benzene rings is 2. The maximum atomic E-state index is 13.5. The number of hydrogen-bond acceptors (Lipinski definition) is 2. The van der Waals surface area contributed by atoms with Crippen LogP contribution in [-0.4, -0.2) is 6.54 Å². The summed E-state index contributed by atoms with van der Waals surface area (Å²) in [6.07, 6.45) is 1.99. The Morgan fingerprint density at radius 3 is 2.67 bits per heavy atom. The molecule has 0 amide bonds. The van der Waals surface area contributed by atoms with E-state index in [4.69, 9.17) is 5.73 Å². The monoisotopic (exact) mass is 288 g/mol. The zero-order valence-electron chi connectivity index (χ0n) is 12.0. The highest BCUT2D eigenvalue weighted by Crippen LogP contribution is 2.37. The molecule has 0 aliphatic carbocycles. The molecule has 0 spiro atoms. The molecule has 0 saturated carbocycles. The number of halogens is 2. The van der Waals surface area contributed by atoms with Crippen LogP contribution in [0.4, 0.5) is 20.2 Å². The minimum absolute atomic E-state index is 0.477. The van der Waals surface area contributed by atoms with E-state index in [-0.39, 0.29) is 0 Å². The van der Waals surface area contributed by atoms with E-state index in [9.17, 15) is 8.78 Å². The third kappa shape index (κ3) is 2.40. The van der Waals surface area contributed by atoms with Gasteiger partial charge in [-0.15, -0.1) is 0 Å². The highest BCUT2D eigenvalue weighted by Gasteiger charge is 2.22. The normalized spacial score (nSPS) is 14.2. The number of aryl methyl sites for hydroxylation is 1. The van der Waals surface area contributed by atoms with Gasteiger partial charge in [0.05, 0.1) is 0 Å². The summed E-state index contributed by atoms with van der Waals surface area (Å²) in [6.45, 7) is 3.32. The van der Waals surface area contributed by atoms with Gasteiger partial charge in [0.2, 0.25) is 0 Å². The minimum atomic E-state index is -0.816. The first-order chi connectivity index (χ1) is 10.1. The zero-order chi connectivity index (χ0) is 15.0. The average molecular weight is 288 g/mol. The SMILES string of the molecule is Cc1c(CN)ccc2c1N(c1ccc(F)c(F)c1)CCC2. The molecular formula is C17H18F2N2. The maximum Gasteiger partial charge on any atom is 0.160 e. The van der Waals surface area contributed by atoms with Gasteiger partial charge in [0.15, 0.2) is 11.6 Å². The summed E-state index contributed by atoms with van der Waals surface area (Å²) in [4.78, 5) is 2.07. The molecule has 2 aromatic carbocycles. The third-order valence-electron chi connectivity index (χ3n) is 4.16. The van der Waals surface area contributed by atoms with Crippen molar-refractivity contribution in [1.82, 2.24) is 0 Å². The molecule has 2 aromatic rings. The Hall–Kier alpha value is -1.94. The average Bonchev–Trinajstić information content (AvgIpc) is 2.50. The third-order valence-corrected chi connectivity index (χ3v) is 4.16. The molecule has 0 aromatic heterocycles. The molecule has 0 fully saturated rings. The lowest BCUT2D eigenvalue weighted by molar-refractivity contribution is 0.508. The van der Waals surface area contributed by atoms with Crippen LogP contribution in [-0.2, 0) is 13.0 Å². The molecule has 1 heterocycles. The molecule has 0 bridgehead atoms. The number of rotatable bonds is 2. The molecule has 4 heteroatoms. The van der Waals surface area contributed by atoms with Crippen molar-refractivity contribution in [3.63, 3.8) is 0 Å². The van der Waals surface area contributed by atoms with Crippen LogP contribution in [0.5, 0.6) is 0 Å². The van der Waals surface area contributed by atoms with Gasteiger partial charge in [-0.25, -0.2) is 8.78 Å². The summed E-state index contributed by atoms with van der Waals surface area (Å²) in [5.74, 6) is -1.63. The van der Waals surface area contributed by atoms with E-state index in [2.05, 4.69) is 17.0 Å². The van der Waals surface area contributed by atoms with Gasteiger partial charge < -0.3 is 10.6 Å². The van der Waals surface area contributed by atoms with Gasteiger partial charge in [0, 0.05) is 30.5 Å². The Morgan fingerprint density at radius 2 is 1.95 bits per heavy atom. The summed E-state index contributed by atoms with van der Waals surface area (Å²) in [6, 6.07) is 8.22. The van der Waals surface area contributed by atoms with Crippen LogP contribution in [0, 0.1) is 18.6 Å². The van der Waals surface area contributed by atoms with Gasteiger partial charge in [-0.05, 0) is 48.6 Å². The van der Waals surface area contributed by atoms with Crippen LogP contribution in [0.15, 0.2) is 30.3 Å². The number of nitrogens with two attached hydrogens (primary N) is 1.